The quantitative estimate of drug-likeness (QED) is 0.815. The molecule has 0 saturated heterocycles. The Labute approximate surface area is 124 Å². The first-order valence-corrected chi connectivity index (χ1v) is 8.24. The number of halogens is 1. The monoisotopic (exact) mass is 297 g/mol. The van der Waals surface area contributed by atoms with Gasteiger partial charge >= 0.3 is 0 Å². The average molecular weight is 298 g/mol. The average Bonchev–Trinajstić information content (AvgIpc) is 2.87. The highest BCUT2D eigenvalue weighted by atomic mass is 35.5. The molecule has 2 unspecified atom stereocenters. The summed E-state index contributed by atoms with van der Waals surface area (Å²) in [4.78, 5) is 13.4. The fourth-order valence-electron chi connectivity index (χ4n) is 2.29. The molecule has 0 bridgehead atoms. The van der Waals surface area contributed by atoms with Gasteiger partial charge < -0.3 is 5.32 Å². The van der Waals surface area contributed by atoms with E-state index in [1.54, 1.807) is 11.8 Å². The predicted molar refractivity (Wildman–Crippen MR) is 81.9 cm³/mol. The summed E-state index contributed by atoms with van der Waals surface area (Å²) in [6, 6.07) is 8.26. The Morgan fingerprint density at radius 3 is 3.00 bits per heavy atom. The zero-order valence-corrected chi connectivity index (χ0v) is 12.8. The van der Waals surface area contributed by atoms with Crippen LogP contribution in [0.4, 0.5) is 0 Å². The maximum Gasteiger partial charge on any atom is 0.233 e. The van der Waals surface area contributed by atoms with Crippen molar-refractivity contribution in [3.05, 3.63) is 29.8 Å². The molecule has 1 aromatic carbocycles. The molecule has 0 spiro atoms. The number of nitrogens with one attached hydrogen (secondary N) is 1. The molecule has 0 aromatic heterocycles. The van der Waals surface area contributed by atoms with E-state index < -0.39 is 0 Å². The number of rotatable bonds is 6. The number of hydrogen-bond acceptors (Lipinski definition) is 2. The molecule has 2 atom stereocenters. The normalized spacial score (nSPS) is 18.9. The Hall–Kier alpha value is -0.670. The van der Waals surface area contributed by atoms with E-state index in [1.165, 1.54) is 10.5 Å². The van der Waals surface area contributed by atoms with E-state index in [2.05, 4.69) is 24.4 Å². The minimum Gasteiger partial charge on any atom is -0.355 e. The molecular weight excluding hydrogens is 278 g/mol. The lowest BCUT2D eigenvalue weighted by Crippen LogP contribution is -2.35. The van der Waals surface area contributed by atoms with E-state index in [4.69, 9.17) is 11.6 Å². The minimum atomic E-state index is 0.0332. The molecule has 2 nitrogen and oxygen atoms in total. The number of carbonyl (C=O) groups excluding carboxylic acids is 1. The first-order valence-electron chi connectivity index (χ1n) is 6.82. The van der Waals surface area contributed by atoms with Crippen molar-refractivity contribution >= 4 is 29.3 Å². The summed E-state index contributed by atoms with van der Waals surface area (Å²) >= 11 is 7.44. The molecular formula is C15H20ClNOS. The molecule has 1 amide bonds. The lowest BCUT2D eigenvalue weighted by molar-refractivity contribution is -0.120. The van der Waals surface area contributed by atoms with Crippen molar-refractivity contribution in [2.45, 2.75) is 36.3 Å². The van der Waals surface area contributed by atoms with Crippen LogP contribution >= 0.6 is 23.4 Å². The van der Waals surface area contributed by atoms with Crippen molar-refractivity contribution in [3.63, 3.8) is 0 Å². The van der Waals surface area contributed by atoms with Gasteiger partial charge in [-0.3, -0.25) is 4.79 Å². The molecule has 1 aromatic rings. The standard InChI is InChI=1S/C15H20ClNOS/c1-2-11(7-8-16)10-17-15(18)14-9-12-5-3-4-6-13(12)19-14/h3-6,11,14H,2,7-10H2,1H3,(H,17,18). The third kappa shape index (κ3) is 3.90. The second kappa shape index (κ2) is 7.20. The second-order valence-corrected chi connectivity index (χ2v) is 6.54. The maximum atomic E-state index is 12.2. The zero-order chi connectivity index (χ0) is 13.7. The van der Waals surface area contributed by atoms with Gasteiger partial charge in [0.05, 0.1) is 5.25 Å². The molecule has 1 N–H and O–H groups in total. The molecule has 1 aliphatic rings. The summed E-state index contributed by atoms with van der Waals surface area (Å²) in [6.45, 7) is 2.89. The Balaban J connectivity index is 1.83. The predicted octanol–water partition coefficient (Wildman–Crippen LogP) is 3.47. The van der Waals surface area contributed by atoms with Gasteiger partial charge in [0.2, 0.25) is 5.91 Å². The highest BCUT2D eigenvalue weighted by Gasteiger charge is 2.27. The maximum absolute atomic E-state index is 12.2. The van der Waals surface area contributed by atoms with Crippen LogP contribution in [0.3, 0.4) is 0 Å². The van der Waals surface area contributed by atoms with Crippen molar-refractivity contribution in [2.75, 3.05) is 12.4 Å². The smallest absolute Gasteiger partial charge is 0.233 e. The minimum absolute atomic E-state index is 0.0332. The van der Waals surface area contributed by atoms with Crippen LogP contribution in [0, 0.1) is 5.92 Å². The van der Waals surface area contributed by atoms with Gasteiger partial charge in [0, 0.05) is 17.3 Å². The van der Waals surface area contributed by atoms with Crippen molar-refractivity contribution < 1.29 is 4.79 Å². The SMILES string of the molecule is CCC(CCCl)CNC(=O)C1Cc2ccccc2S1. The van der Waals surface area contributed by atoms with Crippen LogP contribution in [0.5, 0.6) is 0 Å². The van der Waals surface area contributed by atoms with Gasteiger partial charge in [0.25, 0.3) is 0 Å². The van der Waals surface area contributed by atoms with Gasteiger partial charge in [0.1, 0.15) is 0 Å². The van der Waals surface area contributed by atoms with E-state index in [-0.39, 0.29) is 11.2 Å². The number of carbonyl (C=O) groups is 1. The van der Waals surface area contributed by atoms with E-state index in [1.807, 2.05) is 12.1 Å². The first-order chi connectivity index (χ1) is 9.24. The lowest BCUT2D eigenvalue weighted by Gasteiger charge is -2.16. The number of amides is 1. The lowest BCUT2D eigenvalue weighted by atomic mass is 10.0. The number of benzene rings is 1. The molecule has 2 rings (SSSR count). The van der Waals surface area contributed by atoms with Crippen LogP contribution in [0.1, 0.15) is 25.3 Å². The second-order valence-electron chi connectivity index (χ2n) is 4.92. The summed E-state index contributed by atoms with van der Waals surface area (Å²) in [5.41, 5.74) is 1.29. The summed E-state index contributed by atoms with van der Waals surface area (Å²) in [5, 5.41) is 3.11. The van der Waals surface area contributed by atoms with Crippen molar-refractivity contribution in [2.24, 2.45) is 5.92 Å². The molecule has 0 saturated carbocycles. The number of alkyl halides is 1. The summed E-state index contributed by atoms with van der Waals surface area (Å²) < 4.78 is 0. The van der Waals surface area contributed by atoms with Crippen LogP contribution < -0.4 is 5.32 Å². The number of thioether (sulfide) groups is 1. The van der Waals surface area contributed by atoms with Crippen molar-refractivity contribution in [1.29, 1.82) is 0 Å². The molecule has 1 heterocycles. The largest absolute Gasteiger partial charge is 0.355 e. The topological polar surface area (TPSA) is 29.1 Å². The summed E-state index contributed by atoms with van der Waals surface area (Å²) in [6.07, 6.45) is 2.88. The van der Waals surface area contributed by atoms with E-state index in [0.717, 1.165) is 25.8 Å². The Morgan fingerprint density at radius 1 is 1.53 bits per heavy atom. The van der Waals surface area contributed by atoms with Gasteiger partial charge in [-0.25, -0.2) is 0 Å². The van der Waals surface area contributed by atoms with Gasteiger partial charge in [0.15, 0.2) is 0 Å². The fourth-order valence-corrected chi connectivity index (χ4v) is 3.82. The number of hydrogen-bond donors (Lipinski definition) is 1. The van der Waals surface area contributed by atoms with Gasteiger partial charge in [-0.2, -0.15) is 0 Å². The van der Waals surface area contributed by atoms with Crippen LogP contribution in [-0.2, 0) is 11.2 Å². The van der Waals surface area contributed by atoms with E-state index >= 15 is 0 Å². The van der Waals surface area contributed by atoms with Gasteiger partial charge in [-0.05, 0) is 30.4 Å². The summed E-state index contributed by atoms with van der Waals surface area (Å²) in [7, 11) is 0. The molecule has 0 radical (unpaired) electrons. The third-order valence-corrected chi connectivity index (χ3v) is 5.13. The van der Waals surface area contributed by atoms with Crippen molar-refractivity contribution in [3.8, 4) is 0 Å². The van der Waals surface area contributed by atoms with Gasteiger partial charge in [-0.1, -0.05) is 31.5 Å². The van der Waals surface area contributed by atoms with Crippen molar-refractivity contribution in [1.82, 2.24) is 5.32 Å². The molecule has 1 aliphatic heterocycles. The third-order valence-electron chi connectivity index (χ3n) is 3.60. The van der Waals surface area contributed by atoms with Crippen LogP contribution in [0.15, 0.2) is 29.2 Å². The summed E-state index contributed by atoms with van der Waals surface area (Å²) in [5.74, 6) is 1.32. The Bertz CT molecular complexity index is 413. The van der Waals surface area contributed by atoms with Crippen LogP contribution in [-0.4, -0.2) is 23.6 Å². The first kappa shape index (κ1) is 14.7. The molecule has 0 fully saturated rings. The number of fused-ring (bicyclic) bond motifs is 1. The molecule has 0 aliphatic carbocycles. The van der Waals surface area contributed by atoms with Crippen LogP contribution in [0.25, 0.3) is 0 Å². The van der Waals surface area contributed by atoms with Crippen LogP contribution in [0.2, 0.25) is 0 Å². The highest BCUT2D eigenvalue weighted by molar-refractivity contribution is 8.01. The Kier molecular flexibility index (Phi) is 5.59. The van der Waals surface area contributed by atoms with E-state index in [9.17, 15) is 4.79 Å². The molecule has 19 heavy (non-hydrogen) atoms. The fraction of sp³-hybridized carbons (Fsp3) is 0.533. The van der Waals surface area contributed by atoms with E-state index in [0.29, 0.717) is 11.8 Å². The zero-order valence-electron chi connectivity index (χ0n) is 11.2. The Morgan fingerprint density at radius 2 is 2.32 bits per heavy atom. The molecule has 104 valence electrons. The van der Waals surface area contributed by atoms with Gasteiger partial charge in [-0.15, -0.1) is 23.4 Å². The highest BCUT2D eigenvalue weighted by Crippen LogP contribution is 2.36. The molecule has 4 heteroatoms.